The molecule has 12 heteroatoms. The number of carbonyl (C=O) groups excluding carboxylic acids is 1. The summed E-state index contributed by atoms with van der Waals surface area (Å²) in [6.07, 6.45) is -0.933. The normalized spacial score (nSPS) is 12.0. The molecular formula is C18H18N4O7S. The summed E-state index contributed by atoms with van der Waals surface area (Å²) in [4.78, 5) is 33.7. The van der Waals surface area contributed by atoms with Gasteiger partial charge in [-0.05, 0) is 48.5 Å². The molecule has 2 aromatic carbocycles. The highest BCUT2D eigenvalue weighted by Crippen LogP contribution is 2.15. The molecule has 0 aliphatic heterocycles. The van der Waals surface area contributed by atoms with Crippen LogP contribution in [0.1, 0.15) is 22.3 Å². The van der Waals surface area contributed by atoms with Crippen molar-refractivity contribution in [2.24, 2.45) is 5.73 Å². The highest BCUT2D eigenvalue weighted by molar-refractivity contribution is 7.89. The maximum absolute atomic E-state index is 12.3. The van der Waals surface area contributed by atoms with E-state index in [1.54, 1.807) is 24.3 Å². The molecule has 7 N–H and O–H groups in total. The zero-order valence-electron chi connectivity index (χ0n) is 15.3. The van der Waals surface area contributed by atoms with Gasteiger partial charge >= 0.3 is 11.9 Å². The molecule has 2 rings (SSSR count). The molecule has 0 saturated heterocycles. The number of nitrogens with one attached hydrogen (secondary N) is 3. The van der Waals surface area contributed by atoms with E-state index in [2.05, 4.69) is 5.32 Å². The number of anilines is 1. The van der Waals surface area contributed by atoms with Gasteiger partial charge in [0.05, 0.1) is 11.3 Å². The molecule has 0 aliphatic rings. The first kappa shape index (κ1) is 22.5. The van der Waals surface area contributed by atoms with Crippen molar-refractivity contribution in [3.63, 3.8) is 0 Å². The summed E-state index contributed by atoms with van der Waals surface area (Å²) in [5.41, 5.74) is 6.40. The predicted molar refractivity (Wildman–Crippen MR) is 106 cm³/mol. The third-order valence-corrected chi connectivity index (χ3v) is 5.34. The van der Waals surface area contributed by atoms with Crippen LogP contribution >= 0.6 is 0 Å². The third-order valence-electron chi connectivity index (χ3n) is 3.85. The Bertz CT molecular complexity index is 1080. The number of carboxylic acids is 2. The van der Waals surface area contributed by atoms with Gasteiger partial charge in [-0.15, -0.1) is 0 Å². The summed E-state index contributed by atoms with van der Waals surface area (Å²) < 4.78 is 26.4. The molecule has 158 valence electrons. The van der Waals surface area contributed by atoms with E-state index in [1.807, 2.05) is 4.72 Å². The van der Waals surface area contributed by atoms with E-state index in [0.717, 1.165) is 12.1 Å². The van der Waals surface area contributed by atoms with Crippen LogP contribution in [0.15, 0.2) is 53.4 Å². The fourth-order valence-corrected chi connectivity index (χ4v) is 3.52. The lowest BCUT2D eigenvalue weighted by molar-refractivity contribution is -0.145. The summed E-state index contributed by atoms with van der Waals surface area (Å²) in [6, 6.07) is 8.99. The highest BCUT2D eigenvalue weighted by Gasteiger charge is 2.27. The van der Waals surface area contributed by atoms with Crippen molar-refractivity contribution in [1.29, 1.82) is 5.41 Å². The van der Waals surface area contributed by atoms with E-state index in [-0.39, 0.29) is 16.3 Å². The standard InChI is InChI=1S/C18H18N4O7S/c19-16(20)10-1-5-12(6-2-10)21-17(25)11-3-7-13(8-4-11)30(28,29)22-14(18(26)27)9-15(23)24/h1-8,14,22H,9H2,(H3,19,20)(H,21,25)(H,23,24)(H,26,27). The number of hydrogen-bond donors (Lipinski definition) is 6. The van der Waals surface area contributed by atoms with Gasteiger partial charge in [-0.1, -0.05) is 0 Å². The highest BCUT2D eigenvalue weighted by atomic mass is 32.2. The molecular weight excluding hydrogens is 416 g/mol. The SMILES string of the molecule is N=C(N)c1ccc(NC(=O)c2ccc(S(=O)(=O)NC(CC(=O)O)C(=O)O)cc2)cc1. The predicted octanol–water partition coefficient (Wildman–Crippen LogP) is 0.429. The molecule has 0 aliphatic carbocycles. The molecule has 0 aromatic heterocycles. The van der Waals surface area contributed by atoms with Crippen molar-refractivity contribution in [3.05, 3.63) is 59.7 Å². The van der Waals surface area contributed by atoms with Gasteiger partial charge in [0.1, 0.15) is 11.9 Å². The number of nitrogens with two attached hydrogens (primary N) is 1. The van der Waals surface area contributed by atoms with Gasteiger partial charge in [0.25, 0.3) is 5.91 Å². The zero-order valence-corrected chi connectivity index (χ0v) is 16.1. The molecule has 0 heterocycles. The quantitative estimate of drug-likeness (QED) is 0.241. The van der Waals surface area contributed by atoms with Crippen LogP contribution in [-0.4, -0.2) is 48.4 Å². The monoisotopic (exact) mass is 434 g/mol. The number of hydrogen-bond acceptors (Lipinski definition) is 6. The number of aliphatic carboxylic acids is 2. The van der Waals surface area contributed by atoms with Gasteiger partial charge in [0, 0.05) is 16.8 Å². The van der Waals surface area contributed by atoms with Crippen molar-refractivity contribution in [2.75, 3.05) is 5.32 Å². The van der Waals surface area contributed by atoms with Gasteiger partial charge in [-0.2, -0.15) is 4.72 Å². The van der Waals surface area contributed by atoms with Gasteiger partial charge in [0.15, 0.2) is 0 Å². The Hall–Kier alpha value is -3.77. The molecule has 0 radical (unpaired) electrons. The number of carboxylic acid groups (broad SMARTS) is 2. The van der Waals surface area contributed by atoms with Gasteiger partial charge < -0.3 is 21.3 Å². The van der Waals surface area contributed by atoms with E-state index in [9.17, 15) is 22.8 Å². The largest absolute Gasteiger partial charge is 0.481 e. The Balaban J connectivity index is 2.12. The molecule has 2 aromatic rings. The first-order valence-electron chi connectivity index (χ1n) is 8.32. The van der Waals surface area contributed by atoms with Crippen molar-refractivity contribution < 1.29 is 33.0 Å². The van der Waals surface area contributed by atoms with Crippen LogP contribution < -0.4 is 15.8 Å². The average Bonchev–Trinajstić information content (AvgIpc) is 2.67. The summed E-state index contributed by atoms with van der Waals surface area (Å²) in [7, 11) is -4.32. The number of nitrogen functional groups attached to an aromatic ring is 1. The Morgan fingerprint density at radius 3 is 1.97 bits per heavy atom. The Morgan fingerprint density at radius 1 is 0.967 bits per heavy atom. The minimum Gasteiger partial charge on any atom is -0.481 e. The number of amides is 1. The van der Waals surface area contributed by atoms with Crippen LogP contribution in [0.25, 0.3) is 0 Å². The van der Waals surface area contributed by atoms with Crippen LogP contribution in [0.5, 0.6) is 0 Å². The molecule has 0 fully saturated rings. The molecule has 30 heavy (non-hydrogen) atoms. The van der Waals surface area contributed by atoms with Crippen molar-refractivity contribution in [2.45, 2.75) is 17.4 Å². The van der Waals surface area contributed by atoms with Crippen molar-refractivity contribution in [1.82, 2.24) is 4.72 Å². The maximum Gasteiger partial charge on any atom is 0.322 e. The lowest BCUT2D eigenvalue weighted by atomic mass is 10.1. The van der Waals surface area contributed by atoms with Crippen LogP contribution in [0.2, 0.25) is 0 Å². The molecule has 1 atom stereocenters. The minimum atomic E-state index is -4.32. The number of carbonyl (C=O) groups is 3. The van der Waals surface area contributed by atoms with Gasteiger partial charge in [0.2, 0.25) is 10.0 Å². The number of benzene rings is 2. The van der Waals surface area contributed by atoms with E-state index >= 15 is 0 Å². The lowest BCUT2D eigenvalue weighted by Crippen LogP contribution is -2.42. The van der Waals surface area contributed by atoms with Crippen molar-refractivity contribution in [3.8, 4) is 0 Å². The van der Waals surface area contributed by atoms with Crippen LogP contribution in [0.4, 0.5) is 5.69 Å². The molecule has 0 spiro atoms. The smallest absolute Gasteiger partial charge is 0.322 e. The van der Waals surface area contributed by atoms with E-state index < -0.39 is 40.3 Å². The molecule has 1 amide bonds. The zero-order chi connectivity index (χ0) is 22.5. The molecule has 1 unspecified atom stereocenters. The fourth-order valence-electron chi connectivity index (χ4n) is 2.33. The Morgan fingerprint density at radius 2 is 1.50 bits per heavy atom. The van der Waals surface area contributed by atoms with Crippen molar-refractivity contribution >= 4 is 39.4 Å². The lowest BCUT2D eigenvalue weighted by Gasteiger charge is -2.13. The first-order valence-corrected chi connectivity index (χ1v) is 9.80. The third kappa shape index (κ3) is 5.86. The van der Waals surface area contributed by atoms with Gasteiger partial charge in [-0.25, -0.2) is 8.42 Å². The summed E-state index contributed by atoms with van der Waals surface area (Å²) in [6.45, 7) is 0. The number of rotatable bonds is 9. The molecule has 0 saturated carbocycles. The summed E-state index contributed by atoms with van der Waals surface area (Å²) in [5.74, 6) is -3.76. The van der Waals surface area contributed by atoms with E-state index in [4.69, 9.17) is 21.4 Å². The van der Waals surface area contributed by atoms with E-state index in [1.165, 1.54) is 12.1 Å². The van der Waals surface area contributed by atoms with Crippen LogP contribution in [-0.2, 0) is 19.6 Å². The fraction of sp³-hybridized carbons (Fsp3) is 0.111. The second kappa shape index (κ2) is 9.15. The van der Waals surface area contributed by atoms with Crippen LogP contribution in [0, 0.1) is 5.41 Å². The second-order valence-corrected chi connectivity index (χ2v) is 7.79. The van der Waals surface area contributed by atoms with E-state index in [0.29, 0.717) is 11.3 Å². The number of amidine groups is 1. The summed E-state index contributed by atoms with van der Waals surface area (Å²) >= 11 is 0. The Kier molecular flexibility index (Phi) is 6.87. The average molecular weight is 434 g/mol. The molecule has 11 nitrogen and oxygen atoms in total. The molecule has 0 bridgehead atoms. The first-order chi connectivity index (χ1) is 14.0. The maximum atomic E-state index is 12.3. The van der Waals surface area contributed by atoms with Crippen LogP contribution in [0.3, 0.4) is 0 Å². The topological polar surface area (TPSA) is 200 Å². The number of sulfonamides is 1. The summed E-state index contributed by atoms with van der Waals surface area (Å²) in [5, 5.41) is 27.6. The second-order valence-electron chi connectivity index (χ2n) is 6.08. The van der Waals surface area contributed by atoms with Gasteiger partial charge in [-0.3, -0.25) is 19.8 Å². The Labute approximate surface area is 171 Å². The minimum absolute atomic E-state index is 0.119.